The highest BCUT2D eigenvalue weighted by Crippen LogP contribution is 2.48. The summed E-state index contributed by atoms with van der Waals surface area (Å²) in [6.07, 6.45) is 7.72. The molecule has 2 aromatic rings. The lowest BCUT2D eigenvalue weighted by atomic mass is 10.1. The second-order valence-corrected chi connectivity index (χ2v) is 5.09. The summed E-state index contributed by atoms with van der Waals surface area (Å²) in [5.41, 5.74) is 1.00. The van der Waals surface area contributed by atoms with Crippen LogP contribution in [0, 0.1) is 5.41 Å². The van der Waals surface area contributed by atoms with Gasteiger partial charge < -0.3 is 4.57 Å². The Morgan fingerprint density at radius 3 is 2.94 bits per heavy atom. The van der Waals surface area contributed by atoms with Crippen LogP contribution in [0.5, 0.6) is 0 Å². The summed E-state index contributed by atoms with van der Waals surface area (Å²) < 4.78 is 3.41. The molecule has 0 aliphatic heterocycles. The highest BCUT2D eigenvalue weighted by Gasteiger charge is 2.41. The van der Waals surface area contributed by atoms with E-state index in [2.05, 4.69) is 21.0 Å². The maximum atomic E-state index is 12.1. The van der Waals surface area contributed by atoms with E-state index in [0.717, 1.165) is 11.9 Å². The molecule has 5 heteroatoms. The van der Waals surface area contributed by atoms with E-state index in [4.69, 9.17) is 0 Å². The Kier molecular flexibility index (Phi) is 2.17. The molecule has 0 unspecified atom stereocenters. The number of aromatic nitrogens is 3. The molecule has 0 aromatic carbocycles. The smallest absolute Gasteiger partial charge is 0.276 e. The highest BCUT2D eigenvalue weighted by molar-refractivity contribution is 9.09. The fourth-order valence-corrected chi connectivity index (χ4v) is 2.70. The topological polar surface area (TPSA) is 39.3 Å². The van der Waals surface area contributed by atoms with Gasteiger partial charge in [0.1, 0.15) is 5.52 Å². The van der Waals surface area contributed by atoms with Crippen molar-refractivity contribution in [1.29, 1.82) is 0 Å². The zero-order valence-corrected chi connectivity index (χ0v) is 10.4. The van der Waals surface area contributed by atoms with E-state index in [1.807, 2.05) is 12.4 Å². The molecule has 0 bridgehead atoms. The molecule has 1 fully saturated rings. The minimum Gasteiger partial charge on any atom is -0.312 e. The third-order valence-electron chi connectivity index (χ3n) is 3.28. The average molecular weight is 282 g/mol. The van der Waals surface area contributed by atoms with Gasteiger partial charge in [0.15, 0.2) is 0 Å². The Bertz CT molecular complexity index is 582. The second-order valence-electron chi connectivity index (χ2n) is 4.53. The zero-order valence-electron chi connectivity index (χ0n) is 8.77. The summed E-state index contributed by atoms with van der Waals surface area (Å²) in [5.74, 6) is 0. The molecule has 4 nitrogen and oxygen atoms in total. The first-order valence-electron chi connectivity index (χ1n) is 5.33. The molecule has 0 N–H and O–H groups in total. The first kappa shape index (κ1) is 10.1. The maximum Gasteiger partial charge on any atom is 0.276 e. The normalized spacial score (nSPS) is 17.8. The molecular weight excluding hydrogens is 270 g/mol. The van der Waals surface area contributed by atoms with E-state index >= 15 is 0 Å². The highest BCUT2D eigenvalue weighted by atomic mass is 79.9. The standard InChI is InChI=1S/C11H12BrN3O/c12-7-11(2-3-11)8-14-5-6-15-9(10(14)16)1-4-13-15/h1,4-6H,2-3,7-8H2. The minimum atomic E-state index is 0.0484. The monoisotopic (exact) mass is 281 g/mol. The number of halogens is 1. The second kappa shape index (κ2) is 3.45. The Morgan fingerprint density at radius 1 is 1.44 bits per heavy atom. The summed E-state index contributed by atoms with van der Waals surface area (Å²) >= 11 is 3.52. The largest absolute Gasteiger partial charge is 0.312 e. The molecule has 0 radical (unpaired) electrons. The summed E-state index contributed by atoms with van der Waals surface area (Å²) in [5, 5.41) is 5.02. The van der Waals surface area contributed by atoms with E-state index in [9.17, 15) is 4.79 Å². The number of hydrogen-bond donors (Lipinski definition) is 0. The lowest BCUT2D eigenvalue weighted by molar-refractivity contribution is 0.465. The van der Waals surface area contributed by atoms with Crippen molar-refractivity contribution in [3.8, 4) is 0 Å². The molecule has 0 saturated heterocycles. The predicted octanol–water partition coefficient (Wildman–Crippen LogP) is 1.67. The van der Waals surface area contributed by atoms with Crippen molar-refractivity contribution in [3.05, 3.63) is 35.0 Å². The van der Waals surface area contributed by atoms with Crippen LogP contribution in [0.4, 0.5) is 0 Å². The molecule has 1 aliphatic carbocycles. The van der Waals surface area contributed by atoms with E-state index in [0.29, 0.717) is 10.9 Å². The minimum absolute atomic E-state index is 0.0484. The lowest BCUT2D eigenvalue weighted by Gasteiger charge is -2.13. The fraction of sp³-hybridized carbons (Fsp3) is 0.455. The van der Waals surface area contributed by atoms with E-state index in [-0.39, 0.29) is 5.56 Å². The van der Waals surface area contributed by atoms with Crippen molar-refractivity contribution in [2.75, 3.05) is 5.33 Å². The Labute approximate surface area is 101 Å². The number of rotatable bonds is 3. The quantitative estimate of drug-likeness (QED) is 0.803. The molecule has 0 amide bonds. The molecule has 1 saturated carbocycles. The molecule has 0 spiro atoms. The van der Waals surface area contributed by atoms with Gasteiger partial charge in [-0.15, -0.1) is 0 Å². The van der Waals surface area contributed by atoms with Crippen molar-refractivity contribution < 1.29 is 0 Å². The number of nitrogens with zero attached hydrogens (tertiary/aromatic N) is 3. The van der Waals surface area contributed by atoms with E-state index in [1.54, 1.807) is 21.3 Å². The third-order valence-corrected chi connectivity index (χ3v) is 4.47. The number of alkyl halides is 1. The van der Waals surface area contributed by atoms with Crippen LogP contribution in [-0.2, 0) is 6.54 Å². The van der Waals surface area contributed by atoms with E-state index in [1.165, 1.54) is 12.8 Å². The van der Waals surface area contributed by atoms with Crippen molar-refractivity contribution in [1.82, 2.24) is 14.2 Å². The van der Waals surface area contributed by atoms with Crippen molar-refractivity contribution in [2.24, 2.45) is 5.41 Å². The molecular formula is C11H12BrN3O. The van der Waals surface area contributed by atoms with Gasteiger partial charge in [0.2, 0.25) is 0 Å². The zero-order chi connectivity index (χ0) is 11.2. The molecule has 0 atom stereocenters. The molecule has 3 rings (SSSR count). The van der Waals surface area contributed by atoms with Crippen LogP contribution in [-0.4, -0.2) is 19.5 Å². The van der Waals surface area contributed by atoms with Crippen molar-refractivity contribution in [3.63, 3.8) is 0 Å². The molecule has 2 aromatic heterocycles. The average Bonchev–Trinajstić information content (AvgIpc) is 2.90. The Balaban J connectivity index is 2.04. The molecule has 16 heavy (non-hydrogen) atoms. The van der Waals surface area contributed by atoms with Gasteiger partial charge in [-0.1, -0.05) is 15.9 Å². The van der Waals surface area contributed by atoms with Gasteiger partial charge in [-0.3, -0.25) is 4.79 Å². The molecule has 84 valence electrons. The Morgan fingerprint density at radius 2 is 2.25 bits per heavy atom. The van der Waals surface area contributed by atoms with Gasteiger partial charge in [0, 0.05) is 24.3 Å². The Hall–Kier alpha value is -1.10. The van der Waals surface area contributed by atoms with Crippen LogP contribution in [0.2, 0.25) is 0 Å². The predicted molar refractivity (Wildman–Crippen MR) is 64.9 cm³/mol. The maximum absolute atomic E-state index is 12.1. The van der Waals surface area contributed by atoms with Gasteiger partial charge in [-0.25, -0.2) is 4.52 Å². The summed E-state index contributed by atoms with van der Waals surface area (Å²) in [4.78, 5) is 12.1. The van der Waals surface area contributed by atoms with Gasteiger partial charge in [-0.2, -0.15) is 5.10 Å². The van der Waals surface area contributed by atoms with Crippen LogP contribution in [0.15, 0.2) is 29.5 Å². The number of fused-ring (bicyclic) bond motifs is 1. The van der Waals surface area contributed by atoms with Gasteiger partial charge >= 0.3 is 0 Å². The third kappa shape index (κ3) is 1.50. The van der Waals surface area contributed by atoms with Crippen molar-refractivity contribution in [2.45, 2.75) is 19.4 Å². The number of hydrogen-bond acceptors (Lipinski definition) is 2. The van der Waals surface area contributed by atoms with Crippen LogP contribution in [0.3, 0.4) is 0 Å². The van der Waals surface area contributed by atoms with Gasteiger partial charge in [-0.05, 0) is 24.3 Å². The SMILES string of the molecule is O=c1c2ccnn2ccn1CC1(CBr)CC1. The summed E-state index contributed by atoms with van der Waals surface area (Å²) in [6.45, 7) is 0.804. The van der Waals surface area contributed by atoms with Gasteiger partial charge in [0.25, 0.3) is 5.56 Å². The lowest BCUT2D eigenvalue weighted by Crippen LogP contribution is -2.26. The van der Waals surface area contributed by atoms with Crippen LogP contribution < -0.4 is 5.56 Å². The molecule has 1 aliphatic rings. The first-order valence-corrected chi connectivity index (χ1v) is 6.45. The van der Waals surface area contributed by atoms with E-state index < -0.39 is 0 Å². The van der Waals surface area contributed by atoms with Crippen LogP contribution in [0.1, 0.15) is 12.8 Å². The van der Waals surface area contributed by atoms with Crippen LogP contribution in [0.25, 0.3) is 5.52 Å². The fourth-order valence-electron chi connectivity index (χ4n) is 1.96. The van der Waals surface area contributed by atoms with Crippen LogP contribution >= 0.6 is 15.9 Å². The first-order chi connectivity index (χ1) is 7.74. The summed E-state index contributed by atoms with van der Waals surface area (Å²) in [7, 11) is 0. The summed E-state index contributed by atoms with van der Waals surface area (Å²) in [6, 6.07) is 1.76. The molecule has 2 heterocycles. The van der Waals surface area contributed by atoms with Gasteiger partial charge in [0.05, 0.1) is 6.20 Å². The van der Waals surface area contributed by atoms with Crippen molar-refractivity contribution >= 4 is 21.4 Å².